The van der Waals surface area contributed by atoms with E-state index in [2.05, 4.69) is 0 Å². The molecule has 15 heavy (non-hydrogen) atoms. The molecule has 0 aliphatic carbocycles. The van der Waals surface area contributed by atoms with Crippen LogP contribution in [-0.2, 0) is 0 Å². The van der Waals surface area contributed by atoms with Crippen molar-refractivity contribution in [2.45, 2.75) is 59.8 Å². The van der Waals surface area contributed by atoms with Gasteiger partial charge in [0.05, 0.1) is 0 Å². The van der Waals surface area contributed by atoms with Crippen molar-refractivity contribution in [3.05, 3.63) is 0 Å². The first-order chi connectivity index (χ1) is 6.54. The van der Waals surface area contributed by atoms with Gasteiger partial charge in [-0.1, -0.05) is 27.7 Å². The van der Waals surface area contributed by atoms with Crippen LogP contribution in [0.5, 0.6) is 0 Å². The Labute approximate surface area is 90.1 Å². The third kappa shape index (κ3) is 24.8. The highest BCUT2D eigenvalue weighted by Crippen LogP contribution is 2.21. The lowest BCUT2D eigenvalue weighted by Crippen LogP contribution is -2.12. The quantitative estimate of drug-likeness (QED) is 0.597. The fourth-order valence-corrected chi connectivity index (χ4v) is 1.07. The Morgan fingerprint density at radius 2 is 1.33 bits per heavy atom. The predicted octanol–water partition coefficient (Wildman–Crippen LogP) is 4.99. The Morgan fingerprint density at radius 1 is 0.933 bits per heavy atom. The third-order valence-corrected chi connectivity index (χ3v) is 1.42. The molecular weight excluding hydrogens is 208 g/mol. The van der Waals surface area contributed by atoms with Gasteiger partial charge in [0.1, 0.15) is 0 Å². The van der Waals surface area contributed by atoms with Crippen molar-refractivity contribution in [2.24, 2.45) is 11.8 Å². The van der Waals surface area contributed by atoms with Crippen molar-refractivity contribution in [1.82, 2.24) is 0 Å². The van der Waals surface area contributed by atoms with Crippen molar-refractivity contribution in [1.29, 1.82) is 0 Å². The van der Waals surface area contributed by atoms with Gasteiger partial charge in [-0.2, -0.15) is 0 Å². The molecule has 4 heteroatoms. The molecular formula is C11H22F4. The van der Waals surface area contributed by atoms with Gasteiger partial charge in [0.15, 0.2) is 0 Å². The lowest BCUT2D eigenvalue weighted by molar-refractivity contribution is 0.000976. The van der Waals surface area contributed by atoms with Crippen LogP contribution < -0.4 is 0 Å². The molecule has 0 unspecified atom stereocenters. The summed E-state index contributed by atoms with van der Waals surface area (Å²) in [5, 5.41) is 0. The molecule has 0 rings (SSSR count). The molecule has 0 atom stereocenters. The maximum absolute atomic E-state index is 12.0. The van der Waals surface area contributed by atoms with Crippen LogP contribution in [0, 0.1) is 11.8 Å². The molecule has 0 saturated heterocycles. The van der Waals surface area contributed by atoms with E-state index in [-0.39, 0.29) is 24.7 Å². The molecule has 0 aromatic rings. The van der Waals surface area contributed by atoms with Gasteiger partial charge in [-0.15, -0.1) is 0 Å². The summed E-state index contributed by atoms with van der Waals surface area (Å²) in [4.78, 5) is 0. The van der Waals surface area contributed by atoms with Crippen LogP contribution >= 0.6 is 0 Å². The molecule has 0 aromatic heterocycles. The molecule has 0 heterocycles. The summed E-state index contributed by atoms with van der Waals surface area (Å²) in [5.41, 5.74) is 0. The standard InChI is InChI=1S/C6H12F2.C5H10F2/c1-5(2)4-6(3,7)8;1-4(2)3-5(6)7/h5H,4H2,1-3H3;4-5H,3H2,1-2H3. The van der Waals surface area contributed by atoms with Crippen molar-refractivity contribution >= 4 is 0 Å². The fourth-order valence-electron chi connectivity index (χ4n) is 1.07. The van der Waals surface area contributed by atoms with Crippen molar-refractivity contribution in [3.8, 4) is 0 Å². The Kier molecular flexibility index (Phi) is 9.07. The highest BCUT2D eigenvalue weighted by Gasteiger charge is 2.21. The highest BCUT2D eigenvalue weighted by atomic mass is 19.3. The minimum absolute atomic E-state index is 0.00694. The second-order valence-electron chi connectivity index (χ2n) is 4.69. The van der Waals surface area contributed by atoms with Gasteiger partial charge in [-0.25, -0.2) is 17.6 Å². The van der Waals surface area contributed by atoms with Crippen molar-refractivity contribution in [3.63, 3.8) is 0 Å². The number of alkyl halides is 4. The van der Waals surface area contributed by atoms with E-state index >= 15 is 0 Å². The smallest absolute Gasteiger partial charge is 0.211 e. The summed E-state index contributed by atoms with van der Waals surface area (Å²) in [6.45, 7) is 8.10. The molecule has 0 aromatic carbocycles. The Morgan fingerprint density at radius 3 is 1.33 bits per heavy atom. The van der Waals surface area contributed by atoms with Gasteiger partial charge in [-0.05, 0) is 18.8 Å². The van der Waals surface area contributed by atoms with Crippen LogP contribution in [-0.4, -0.2) is 12.3 Å². The molecule has 0 nitrogen and oxygen atoms in total. The molecule has 0 fully saturated rings. The van der Waals surface area contributed by atoms with Gasteiger partial charge in [0.2, 0.25) is 12.3 Å². The molecule has 0 aliphatic heterocycles. The topological polar surface area (TPSA) is 0 Å². The van der Waals surface area contributed by atoms with Crippen molar-refractivity contribution < 1.29 is 17.6 Å². The van der Waals surface area contributed by atoms with E-state index in [9.17, 15) is 17.6 Å². The number of hydrogen-bond donors (Lipinski definition) is 0. The second kappa shape index (κ2) is 7.94. The molecule has 0 spiro atoms. The van der Waals surface area contributed by atoms with E-state index in [1.54, 1.807) is 27.7 Å². The molecule has 0 radical (unpaired) electrons. The molecule has 0 aliphatic rings. The predicted molar refractivity (Wildman–Crippen MR) is 55.5 cm³/mol. The Hall–Kier alpha value is -0.280. The zero-order chi connectivity index (χ0) is 12.6. The first-order valence-electron chi connectivity index (χ1n) is 5.20. The first kappa shape index (κ1) is 17.1. The zero-order valence-corrected chi connectivity index (χ0v) is 10.2. The Balaban J connectivity index is 0. The van der Waals surface area contributed by atoms with Gasteiger partial charge in [0.25, 0.3) is 0 Å². The summed E-state index contributed by atoms with van der Waals surface area (Å²) in [5.74, 6) is -2.26. The monoisotopic (exact) mass is 230 g/mol. The van der Waals surface area contributed by atoms with Crippen LogP contribution in [0.3, 0.4) is 0 Å². The summed E-state index contributed by atoms with van der Waals surface area (Å²) < 4.78 is 46.5. The molecule has 0 N–H and O–H groups in total. The fraction of sp³-hybridized carbons (Fsp3) is 1.00. The third-order valence-electron chi connectivity index (χ3n) is 1.42. The summed E-state index contributed by atoms with van der Waals surface area (Å²) in [6.07, 6.45) is -2.10. The van der Waals surface area contributed by atoms with E-state index in [1.165, 1.54) is 0 Å². The first-order valence-corrected chi connectivity index (χ1v) is 5.20. The second-order valence-corrected chi connectivity index (χ2v) is 4.69. The van der Waals surface area contributed by atoms with Crippen molar-refractivity contribution in [2.75, 3.05) is 0 Å². The Bertz CT molecular complexity index is 130. The maximum Gasteiger partial charge on any atom is 0.245 e. The lowest BCUT2D eigenvalue weighted by Gasteiger charge is -2.11. The van der Waals surface area contributed by atoms with Crippen LogP contribution in [0.2, 0.25) is 0 Å². The van der Waals surface area contributed by atoms with E-state index in [0.29, 0.717) is 0 Å². The molecule has 94 valence electrons. The van der Waals surface area contributed by atoms with Crippen LogP contribution in [0.25, 0.3) is 0 Å². The summed E-state index contributed by atoms with van der Waals surface area (Å²) in [6, 6.07) is 0. The molecule has 0 saturated carbocycles. The highest BCUT2D eigenvalue weighted by molar-refractivity contribution is 4.59. The van der Waals surface area contributed by atoms with E-state index < -0.39 is 12.3 Å². The largest absolute Gasteiger partial charge is 0.245 e. The minimum atomic E-state index is -2.48. The zero-order valence-electron chi connectivity index (χ0n) is 10.2. The average Bonchev–Trinajstić information content (AvgIpc) is 1.76. The van der Waals surface area contributed by atoms with Gasteiger partial charge in [-0.3, -0.25) is 0 Å². The normalized spacial score (nSPS) is 12.0. The van der Waals surface area contributed by atoms with E-state index in [0.717, 1.165) is 6.92 Å². The lowest BCUT2D eigenvalue weighted by atomic mass is 10.1. The van der Waals surface area contributed by atoms with Crippen LogP contribution in [0.1, 0.15) is 47.5 Å². The van der Waals surface area contributed by atoms with Gasteiger partial charge >= 0.3 is 0 Å². The van der Waals surface area contributed by atoms with Gasteiger partial charge < -0.3 is 0 Å². The van der Waals surface area contributed by atoms with Crippen LogP contribution in [0.4, 0.5) is 17.6 Å². The SMILES string of the molecule is CC(C)CC(C)(F)F.CC(C)CC(F)F. The summed E-state index contributed by atoms with van der Waals surface area (Å²) >= 11 is 0. The van der Waals surface area contributed by atoms with Gasteiger partial charge in [0, 0.05) is 12.8 Å². The van der Waals surface area contributed by atoms with E-state index in [1.807, 2.05) is 0 Å². The van der Waals surface area contributed by atoms with E-state index in [4.69, 9.17) is 0 Å². The minimum Gasteiger partial charge on any atom is -0.211 e. The number of hydrogen-bond acceptors (Lipinski definition) is 0. The summed E-state index contributed by atoms with van der Waals surface area (Å²) in [7, 11) is 0. The molecule has 0 amide bonds. The number of halogens is 4. The van der Waals surface area contributed by atoms with Crippen LogP contribution in [0.15, 0.2) is 0 Å². The maximum atomic E-state index is 12.0. The average molecular weight is 230 g/mol. The number of rotatable bonds is 4. The molecule has 0 bridgehead atoms.